The maximum Gasteiger partial charge on any atom is 0.338 e. The van der Waals surface area contributed by atoms with Gasteiger partial charge in [-0.2, -0.15) is 0 Å². The van der Waals surface area contributed by atoms with Crippen LogP contribution in [0.15, 0.2) is 35.2 Å². The number of carbonyl (C=O) groups excluding carboxylic acids is 2. The summed E-state index contributed by atoms with van der Waals surface area (Å²) in [6, 6.07) is 7.24. The number of aromatic nitrogens is 1. The first-order valence-electron chi connectivity index (χ1n) is 10.8. The molecule has 32 heavy (non-hydrogen) atoms. The van der Waals surface area contributed by atoms with E-state index in [1.165, 1.54) is 24.3 Å². The molecule has 2 aromatic rings. The molecule has 174 valence electrons. The fraction of sp³-hybridized carbons (Fsp3) is 0.478. The third kappa shape index (κ3) is 5.65. The summed E-state index contributed by atoms with van der Waals surface area (Å²) in [5.41, 5.74) is 2.56. The zero-order valence-corrected chi connectivity index (χ0v) is 19.5. The minimum atomic E-state index is -3.70. The van der Waals surface area contributed by atoms with E-state index in [0.29, 0.717) is 12.2 Å². The van der Waals surface area contributed by atoms with Gasteiger partial charge in [-0.1, -0.05) is 6.92 Å². The molecule has 0 radical (unpaired) electrons. The van der Waals surface area contributed by atoms with E-state index in [1.807, 2.05) is 19.9 Å². The second-order valence-corrected chi connectivity index (χ2v) is 9.71. The monoisotopic (exact) mass is 462 g/mol. The van der Waals surface area contributed by atoms with Crippen LogP contribution in [0.2, 0.25) is 0 Å². The smallest absolute Gasteiger partial charge is 0.338 e. The highest BCUT2D eigenvalue weighted by molar-refractivity contribution is 7.89. The zero-order chi connectivity index (χ0) is 23.3. The predicted molar refractivity (Wildman–Crippen MR) is 119 cm³/mol. The normalized spacial score (nSPS) is 16.3. The number of hydrogen-bond acceptors (Lipinski definition) is 6. The van der Waals surface area contributed by atoms with Gasteiger partial charge < -0.3 is 14.0 Å². The molecule has 0 amide bonds. The van der Waals surface area contributed by atoms with Crippen LogP contribution in [-0.4, -0.2) is 50.6 Å². The van der Waals surface area contributed by atoms with E-state index in [9.17, 15) is 18.0 Å². The minimum Gasteiger partial charge on any atom is -0.454 e. The van der Waals surface area contributed by atoms with Crippen molar-refractivity contribution in [2.45, 2.75) is 57.6 Å². The van der Waals surface area contributed by atoms with Crippen molar-refractivity contribution in [3.05, 3.63) is 52.8 Å². The fourth-order valence-corrected chi connectivity index (χ4v) is 4.87. The number of ketones is 1. The molecule has 1 saturated heterocycles. The summed E-state index contributed by atoms with van der Waals surface area (Å²) in [6.07, 6.45) is 2.60. The molecule has 1 aliphatic rings. The summed E-state index contributed by atoms with van der Waals surface area (Å²) >= 11 is 0. The summed E-state index contributed by atoms with van der Waals surface area (Å²) in [5, 5.41) is 0. The Hall–Kier alpha value is -2.49. The maximum atomic E-state index is 12.5. The molecule has 3 rings (SSSR count). The Morgan fingerprint density at radius 2 is 1.94 bits per heavy atom. The maximum absolute atomic E-state index is 12.5. The van der Waals surface area contributed by atoms with Gasteiger partial charge in [0.15, 0.2) is 6.61 Å². The summed E-state index contributed by atoms with van der Waals surface area (Å²) < 4.78 is 40.0. The van der Waals surface area contributed by atoms with Crippen molar-refractivity contribution < 1.29 is 27.5 Å². The molecule has 2 heterocycles. The largest absolute Gasteiger partial charge is 0.454 e. The van der Waals surface area contributed by atoms with E-state index in [1.54, 1.807) is 0 Å². The number of carbonyl (C=O) groups is 2. The number of benzene rings is 1. The second kappa shape index (κ2) is 10.4. The van der Waals surface area contributed by atoms with Crippen LogP contribution in [0.1, 0.15) is 58.3 Å². The molecule has 9 heteroatoms. The molecular formula is C23H30N2O6S. The first-order chi connectivity index (χ1) is 15.2. The van der Waals surface area contributed by atoms with Crippen molar-refractivity contribution in [2.24, 2.45) is 0 Å². The van der Waals surface area contributed by atoms with Gasteiger partial charge in [-0.3, -0.25) is 4.79 Å². The first-order valence-corrected chi connectivity index (χ1v) is 12.3. The van der Waals surface area contributed by atoms with Gasteiger partial charge in [0.05, 0.1) is 16.6 Å². The molecule has 1 unspecified atom stereocenters. The van der Waals surface area contributed by atoms with Crippen molar-refractivity contribution in [1.29, 1.82) is 0 Å². The van der Waals surface area contributed by atoms with Gasteiger partial charge in [0, 0.05) is 36.6 Å². The lowest BCUT2D eigenvalue weighted by atomic mass is 10.1. The van der Waals surface area contributed by atoms with Gasteiger partial charge >= 0.3 is 5.97 Å². The van der Waals surface area contributed by atoms with E-state index < -0.39 is 16.0 Å². The number of Topliss-reactive ketones (excluding diaryl/α,β-unsaturated/α-hetero) is 1. The van der Waals surface area contributed by atoms with Crippen LogP contribution in [0.3, 0.4) is 0 Å². The minimum absolute atomic E-state index is 0.0477. The number of aryl methyl sites for hydroxylation is 1. The average Bonchev–Trinajstić information content (AvgIpc) is 3.40. The van der Waals surface area contributed by atoms with Crippen LogP contribution in [-0.2, 0) is 26.0 Å². The van der Waals surface area contributed by atoms with E-state index in [4.69, 9.17) is 9.47 Å². The van der Waals surface area contributed by atoms with Crippen molar-refractivity contribution in [2.75, 3.05) is 19.8 Å². The Labute approximate surface area is 189 Å². The molecule has 1 fully saturated rings. The summed E-state index contributed by atoms with van der Waals surface area (Å²) in [5.74, 6) is -0.955. The number of rotatable bonds is 10. The Bertz CT molecular complexity index is 1070. The van der Waals surface area contributed by atoms with Gasteiger partial charge in [-0.05, 0) is 63.4 Å². The van der Waals surface area contributed by atoms with Gasteiger partial charge in [0.2, 0.25) is 15.8 Å². The lowest BCUT2D eigenvalue weighted by Gasteiger charge is -2.11. The van der Waals surface area contributed by atoms with Crippen molar-refractivity contribution in [3.8, 4) is 0 Å². The molecule has 1 N–H and O–H groups in total. The summed E-state index contributed by atoms with van der Waals surface area (Å²) in [4.78, 5) is 24.9. The topological polar surface area (TPSA) is 104 Å². The second-order valence-electron chi connectivity index (χ2n) is 7.95. The molecule has 0 bridgehead atoms. The number of nitrogens with one attached hydrogen (secondary N) is 1. The highest BCUT2D eigenvalue weighted by atomic mass is 32.2. The molecule has 1 aromatic carbocycles. The Morgan fingerprint density at radius 1 is 1.22 bits per heavy atom. The van der Waals surface area contributed by atoms with Crippen LogP contribution in [0.4, 0.5) is 0 Å². The molecule has 0 aliphatic carbocycles. The number of nitrogens with zero attached hydrogens (tertiary/aromatic N) is 1. The molecule has 1 atom stereocenters. The van der Waals surface area contributed by atoms with E-state index in [-0.39, 0.29) is 35.5 Å². The van der Waals surface area contributed by atoms with Gasteiger partial charge in [0.25, 0.3) is 0 Å². The highest BCUT2D eigenvalue weighted by Gasteiger charge is 2.21. The van der Waals surface area contributed by atoms with E-state index in [2.05, 4.69) is 16.2 Å². The van der Waals surface area contributed by atoms with E-state index in [0.717, 1.165) is 37.2 Å². The van der Waals surface area contributed by atoms with Crippen molar-refractivity contribution >= 4 is 21.8 Å². The van der Waals surface area contributed by atoms with Gasteiger partial charge in [0.1, 0.15) is 0 Å². The Kier molecular flexibility index (Phi) is 7.86. The van der Waals surface area contributed by atoms with Gasteiger partial charge in [-0.15, -0.1) is 0 Å². The molecular weight excluding hydrogens is 432 g/mol. The van der Waals surface area contributed by atoms with Crippen molar-refractivity contribution in [3.63, 3.8) is 0 Å². The fourth-order valence-electron chi connectivity index (χ4n) is 3.80. The van der Waals surface area contributed by atoms with Crippen LogP contribution < -0.4 is 4.72 Å². The Balaban J connectivity index is 1.57. The Morgan fingerprint density at radius 3 is 2.56 bits per heavy atom. The highest BCUT2D eigenvalue weighted by Crippen LogP contribution is 2.17. The lowest BCUT2D eigenvalue weighted by Crippen LogP contribution is -2.31. The molecule has 8 nitrogen and oxygen atoms in total. The predicted octanol–water partition coefficient (Wildman–Crippen LogP) is 3.01. The standard InChI is InChI=1S/C23H30N2O6S/c1-4-11-25-16(2)13-21(17(25)3)22(26)15-31-23(27)18-7-9-20(10-8-18)32(28,29)24-14-19-6-5-12-30-19/h7-10,13,19,24H,4-6,11-12,14-15H2,1-3H3. The lowest BCUT2D eigenvalue weighted by molar-refractivity contribution is 0.0474. The van der Waals surface area contributed by atoms with Crippen LogP contribution in [0.25, 0.3) is 0 Å². The van der Waals surface area contributed by atoms with Crippen LogP contribution >= 0.6 is 0 Å². The number of hydrogen-bond donors (Lipinski definition) is 1. The van der Waals surface area contributed by atoms with Gasteiger partial charge in [-0.25, -0.2) is 17.9 Å². The number of esters is 1. The SMILES string of the molecule is CCCn1c(C)cc(C(=O)COC(=O)c2ccc(S(=O)(=O)NCC3CCCO3)cc2)c1C. The molecule has 0 saturated carbocycles. The zero-order valence-electron chi connectivity index (χ0n) is 18.7. The van der Waals surface area contributed by atoms with E-state index >= 15 is 0 Å². The first kappa shape index (κ1) is 24.2. The van der Waals surface area contributed by atoms with Crippen LogP contribution in [0, 0.1) is 13.8 Å². The number of ether oxygens (including phenoxy) is 2. The summed E-state index contributed by atoms with van der Waals surface area (Å²) in [7, 11) is -3.70. The third-order valence-corrected chi connectivity index (χ3v) is 7.02. The summed E-state index contributed by atoms with van der Waals surface area (Å²) in [6.45, 7) is 7.20. The quantitative estimate of drug-likeness (QED) is 0.430. The third-order valence-electron chi connectivity index (χ3n) is 5.58. The van der Waals surface area contributed by atoms with Crippen molar-refractivity contribution in [1.82, 2.24) is 9.29 Å². The number of sulfonamides is 1. The molecule has 1 aliphatic heterocycles. The average molecular weight is 463 g/mol. The molecule has 0 spiro atoms. The molecule has 1 aromatic heterocycles. The van der Waals surface area contributed by atoms with Crippen LogP contribution in [0.5, 0.6) is 0 Å².